The minimum atomic E-state index is -4.44. The van der Waals surface area contributed by atoms with Crippen LogP contribution in [0.4, 0.5) is 13.2 Å². The quantitative estimate of drug-likeness (QED) is 0.811. The van der Waals surface area contributed by atoms with Crippen molar-refractivity contribution >= 4 is 11.0 Å². The van der Waals surface area contributed by atoms with Crippen LogP contribution in [0.5, 0.6) is 0 Å². The summed E-state index contributed by atoms with van der Waals surface area (Å²) in [7, 11) is 0. The molecule has 16 heavy (non-hydrogen) atoms. The van der Waals surface area contributed by atoms with Crippen molar-refractivity contribution in [1.82, 2.24) is 9.97 Å². The lowest BCUT2D eigenvalue weighted by atomic mass is 10.2. The number of pyridine rings is 2. The van der Waals surface area contributed by atoms with Gasteiger partial charge in [0.15, 0.2) is 5.65 Å². The number of rotatable bonds is 1. The van der Waals surface area contributed by atoms with Crippen LogP contribution in [-0.4, -0.2) is 9.97 Å². The summed E-state index contributed by atoms with van der Waals surface area (Å²) in [5.74, 6) is 0. The van der Waals surface area contributed by atoms with Gasteiger partial charge in [0.05, 0.1) is 0 Å². The van der Waals surface area contributed by atoms with Crippen molar-refractivity contribution in [1.29, 1.82) is 0 Å². The van der Waals surface area contributed by atoms with Gasteiger partial charge in [-0.05, 0) is 23.8 Å². The summed E-state index contributed by atoms with van der Waals surface area (Å²) in [6.45, 7) is 0.296. The Morgan fingerprint density at radius 1 is 1.25 bits per heavy atom. The van der Waals surface area contributed by atoms with Gasteiger partial charge in [-0.2, -0.15) is 13.2 Å². The number of aromatic nitrogens is 2. The van der Waals surface area contributed by atoms with Crippen molar-refractivity contribution in [2.45, 2.75) is 12.7 Å². The van der Waals surface area contributed by atoms with Gasteiger partial charge in [0, 0.05) is 18.1 Å². The molecule has 3 nitrogen and oxygen atoms in total. The number of nitrogens with two attached hydrogens (primary N) is 1. The van der Waals surface area contributed by atoms with Crippen LogP contribution >= 0.6 is 0 Å². The molecular weight excluding hydrogens is 219 g/mol. The second-order valence-corrected chi connectivity index (χ2v) is 3.29. The zero-order valence-corrected chi connectivity index (χ0v) is 8.12. The third-order valence-corrected chi connectivity index (χ3v) is 2.13. The Bertz CT molecular complexity index is 522. The molecule has 2 aromatic rings. The molecule has 0 amide bonds. The van der Waals surface area contributed by atoms with Gasteiger partial charge in [0.25, 0.3) is 0 Å². The van der Waals surface area contributed by atoms with Gasteiger partial charge >= 0.3 is 6.18 Å². The lowest BCUT2D eigenvalue weighted by Gasteiger charge is -2.06. The first kappa shape index (κ1) is 10.8. The molecule has 2 N–H and O–H groups in total. The van der Waals surface area contributed by atoms with E-state index in [1.807, 2.05) is 0 Å². The van der Waals surface area contributed by atoms with Gasteiger partial charge in [0.1, 0.15) is 5.69 Å². The molecule has 0 fully saturated rings. The van der Waals surface area contributed by atoms with E-state index in [0.717, 1.165) is 11.6 Å². The molecule has 0 aliphatic rings. The highest BCUT2D eigenvalue weighted by atomic mass is 19.4. The van der Waals surface area contributed by atoms with Gasteiger partial charge in [-0.1, -0.05) is 0 Å². The van der Waals surface area contributed by atoms with Crippen LogP contribution in [0.1, 0.15) is 11.3 Å². The Morgan fingerprint density at radius 3 is 2.62 bits per heavy atom. The molecule has 0 atom stereocenters. The highest BCUT2D eigenvalue weighted by Crippen LogP contribution is 2.28. The van der Waals surface area contributed by atoms with Crippen molar-refractivity contribution in [2.24, 2.45) is 5.73 Å². The molecule has 0 radical (unpaired) electrons. The van der Waals surface area contributed by atoms with Crippen LogP contribution < -0.4 is 5.73 Å². The van der Waals surface area contributed by atoms with E-state index in [0.29, 0.717) is 11.9 Å². The summed E-state index contributed by atoms with van der Waals surface area (Å²) >= 11 is 0. The Hall–Kier alpha value is -1.69. The van der Waals surface area contributed by atoms with E-state index < -0.39 is 11.9 Å². The van der Waals surface area contributed by atoms with E-state index in [1.54, 1.807) is 6.07 Å². The summed E-state index contributed by atoms with van der Waals surface area (Å²) < 4.78 is 37.1. The van der Waals surface area contributed by atoms with E-state index in [-0.39, 0.29) is 5.65 Å². The minimum absolute atomic E-state index is 0.0759. The molecule has 0 unspecified atom stereocenters. The van der Waals surface area contributed by atoms with E-state index in [2.05, 4.69) is 9.97 Å². The fourth-order valence-electron chi connectivity index (χ4n) is 1.33. The Labute approximate surface area is 89.1 Å². The van der Waals surface area contributed by atoms with Gasteiger partial charge < -0.3 is 5.73 Å². The topological polar surface area (TPSA) is 51.8 Å². The Balaban J connectivity index is 2.56. The molecule has 0 saturated carbocycles. The molecule has 0 aliphatic heterocycles. The summed E-state index contributed by atoms with van der Waals surface area (Å²) in [6.07, 6.45) is -3.02. The van der Waals surface area contributed by atoms with Crippen LogP contribution in [-0.2, 0) is 12.7 Å². The number of fused-ring (bicyclic) bond motifs is 1. The number of alkyl halides is 3. The van der Waals surface area contributed by atoms with Crippen LogP contribution in [0.25, 0.3) is 11.0 Å². The van der Waals surface area contributed by atoms with Gasteiger partial charge in [-0.25, -0.2) is 9.97 Å². The first-order valence-corrected chi connectivity index (χ1v) is 4.53. The highest BCUT2D eigenvalue weighted by molar-refractivity contribution is 5.75. The number of hydrogen-bond acceptors (Lipinski definition) is 3. The van der Waals surface area contributed by atoms with E-state index in [9.17, 15) is 13.2 Å². The maximum atomic E-state index is 12.4. The molecule has 0 aliphatic carbocycles. The summed E-state index contributed by atoms with van der Waals surface area (Å²) in [6, 6.07) is 3.96. The molecule has 0 aromatic carbocycles. The Morgan fingerprint density at radius 2 is 2.00 bits per heavy atom. The predicted octanol–water partition coefficient (Wildman–Crippen LogP) is 2.11. The average Bonchev–Trinajstić information content (AvgIpc) is 2.26. The van der Waals surface area contributed by atoms with Crippen LogP contribution in [0.2, 0.25) is 0 Å². The molecule has 0 spiro atoms. The standard InChI is InChI=1S/C10H8F3N3/c11-10(12,13)8-2-1-7-3-6(4-14)5-15-9(7)16-8/h1-3,5H,4,14H2. The van der Waals surface area contributed by atoms with Gasteiger partial charge in [-0.3, -0.25) is 0 Å². The van der Waals surface area contributed by atoms with Gasteiger partial charge in [-0.15, -0.1) is 0 Å². The minimum Gasteiger partial charge on any atom is -0.326 e. The van der Waals surface area contributed by atoms with Crippen molar-refractivity contribution in [3.05, 3.63) is 35.7 Å². The third-order valence-electron chi connectivity index (χ3n) is 2.13. The highest BCUT2D eigenvalue weighted by Gasteiger charge is 2.32. The van der Waals surface area contributed by atoms with Crippen LogP contribution in [0.3, 0.4) is 0 Å². The van der Waals surface area contributed by atoms with E-state index >= 15 is 0 Å². The third kappa shape index (κ3) is 1.96. The lowest BCUT2D eigenvalue weighted by molar-refractivity contribution is -0.141. The fourth-order valence-corrected chi connectivity index (χ4v) is 1.33. The van der Waals surface area contributed by atoms with Crippen molar-refractivity contribution in [3.8, 4) is 0 Å². The summed E-state index contributed by atoms with van der Waals surface area (Å²) in [5, 5.41) is 0.552. The van der Waals surface area contributed by atoms with Crippen molar-refractivity contribution in [2.75, 3.05) is 0 Å². The SMILES string of the molecule is NCc1cnc2nc(C(F)(F)F)ccc2c1. The molecule has 2 heterocycles. The first-order chi connectivity index (χ1) is 7.50. The maximum absolute atomic E-state index is 12.4. The molecule has 2 rings (SSSR count). The van der Waals surface area contributed by atoms with Crippen LogP contribution in [0, 0.1) is 0 Å². The molecule has 2 aromatic heterocycles. The Kier molecular flexibility index (Phi) is 2.51. The lowest BCUT2D eigenvalue weighted by Crippen LogP contribution is -2.08. The normalized spacial score (nSPS) is 12.0. The molecule has 84 valence electrons. The largest absolute Gasteiger partial charge is 0.433 e. The second-order valence-electron chi connectivity index (χ2n) is 3.29. The van der Waals surface area contributed by atoms with E-state index in [1.165, 1.54) is 12.3 Å². The zero-order valence-electron chi connectivity index (χ0n) is 8.12. The second kappa shape index (κ2) is 3.71. The molecule has 0 saturated heterocycles. The number of halogens is 3. The fraction of sp³-hybridized carbons (Fsp3) is 0.200. The smallest absolute Gasteiger partial charge is 0.326 e. The van der Waals surface area contributed by atoms with Crippen molar-refractivity contribution < 1.29 is 13.2 Å². The predicted molar refractivity (Wildman–Crippen MR) is 52.4 cm³/mol. The van der Waals surface area contributed by atoms with E-state index in [4.69, 9.17) is 5.73 Å². The summed E-state index contributed by atoms with van der Waals surface area (Å²) in [5.41, 5.74) is 5.30. The van der Waals surface area contributed by atoms with Crippen LogP contribution in [0.15, 0.2) is 24.4 Å². The molecule has 6 heteroatoms. The number of nitrogens with zero attached hydrogens (tertiary/aromatic N) is 2. The molecular formula is C10H8F3N3. The zero-order chi connectivity index (χ0) is 11.8. The van der Waals surface area contributed by atoms with Gasteiger partial charge in [0.2, 0.25) is 0 Å². The maximum Gasteiger partial charge on any atom is 0.433 e. The average molecular weight is 227 g/mol. The molecule has 0 bridgehead atoms. The number of hydrogen-bond donors (Lipinski definition) is 1. The monoisotopic (exact) mass is 227 g/mol. The first-order valence-electron chi connectivity index (χ1n) is 4.53. The summed E-state index contributed by atoms with van der Waals surface area (Å²) in [4.78, 5) is 7.28. The van der Waals surface area contributed by atoms with Crippen molar-refractivity contribution in [3.63, 3.8) is 0 Å².